The van der Waals surface area contributed by atoms with Gasteiger partial charge in [-0.2, -0.15) is 0 Å². The molecule has 0 aliphatic carbocycles. The zero-order chi connectivity index (χ0) is 7.82. The summed E-state index contributed by atoms with van der Waals surface area (Å²) in [4.78, 5) is 0. The maximum absolute atomic E-state index is 5.26. The van der Waals surface area contributed by atoms with E-state index in [1.165, 1.54) is 6.42 Å². The summed E-state index contributed by atoms with van der Waals surface area (Å²) in [5, 5.41) is 3.12. The lowest BCUT2D eigenvalue weighted by Gasteiger charge is -2.09. The zero-order valence-corrected chi connectivity index (χ0v) is 7.31. The van der Waals surface area contributed by atoms with Crippen LogP contribution in [-0.4, -0.2) is 26.8 Å². The first-order chi connectivity index (χ1) is 4.81. The van der Waals surface area contributed by atoms with Crippen LogP contribution in [0.2, 0.25) is 0 Å². The molecule has 0 fully saturated rings. The van der Waals surface area contributed by atoms with Crippen LogP contribution in [-0.2, 0) is 4.74 Å². The molecule has 0 saturated heterocycles. The fourth-order valence-electron chi connectivity index (χ4n) is 0.793. The van der Waals surface area contributed by atoms with Crippen LogP contribution in [0.25, 0.3) is 0 Å². The molecule has 2 heteroatoms. The van der Waals surface area contributed by atoms with Crippen LogP contribution in [0, 0.1) is 5.92 Å². The molecule has 0 spiro atoms. The van der Waals surface area contributed by atoms with E-state index < -0.39 is 0 Å². The highest BCUT2D eigenvalue weighted by atomic mass is 16.5. The Morgan fingerprint density at radius 3 is 2.70 bits per heavy atom. The van der Waals surface area contributed by atoms with E-state index in [-0.39, 0.29) is 0 Å². The quantitative estimate of drug-likeness (QED) is 0.607. The molecule has 0 aromatic carbocycles. The molecule has 0 rings (SSSR count). The second kappa shape index (κ2) is 7.03. The van der Waals surface area contributed by atoms with Crippen molar-refractivity contribution in [1.29, 1.82) is 0 Å². The van der Waals surface area contributed by atoms with Gasteiger partial charge in [0.05, 0.1) is 0 Å². The van der Waals surface area contributed by atoms with Gasteiger partial charge in [0.2, 0.25) is 0 Å². The molecule has 0 aromatic heterocycles. The summed E-state index contributed by atoms with van der Waals surface area (Å²) in [6.07, 6.45) is 1.20. The average molecular weight is 145 g/mol. The molecule has 0 bridgehead atoms. The summed E-state index contributed by atoms with van der Waals surface area (Å²) < 4.78 is 5.26. The summed E-state index contributed by atoms with van der Waals surface area (Å²) in [5.74, 6) is 0.687. The van der Waals surface area contributed by atoms with Gasteiger partial charge in [0.1, 0.15) is 0 Å². The molecular formula is C8H19NO. The molecule has 0 aliphatic rings. The minimum absolute atomic E-state index is 0.687. The molecule has 0 aromatic rings. The van der Waals surface area contributed by atoms with Crippen LogP contribution in [0.4, 0.5) is 0 Å². The Kier molecular flexibility index (Phi) is 6.98. The molecule has 1 unspecified atom stereocenters. The minimum Gasteiger partial charge on any atom is -0.381 e. The third-order valence-electron chi connectivity index (χ3n) is 1.49. The minimum atomic E-state index is 0.687. The Morgan fingerprint density at radius 1 is 1.50 bits per heavy atom. The third kappa shape index (κ3) is 6.05. The number of nitrogens with one attached hydrogen (secondary N) is 1. The molecule has 0 saturated carbocycles. The number of hydrogen-bond donors (Lipinski definition) is 1. The van der Waals surface area contributed by atoms with Gasteiger partial charge < -0.3 is 10.1 Å². The van der Waals surface area contributed by atoms with Gasteiger partial charge in [-0.25, -0.2) is 0 Å². The van der Waals surface area contributed by atoms with Crippen molar-refractivity contribution in [3.63, 3.8) is 0 Å². The summed E-state index contributed by atoms with van der Waals surface area (Å²) in [6, 6.07) is 0. The van der Waals surface area contributed by atoms with Crippen LogP contribution in [0.1, 0.15) is 20.3 Å². The zero-order valence-electron chi connectivity index (χ0n) is 7.31. The van der Waals surface area contributed by atoms with Crippen molar-refractivity contribution in [3.8, 4) is 0 Å². The predicted octanol–water partition coefficient (Wildman–Crippen LogP) is 1.27. The standard InChI is InChI=1S/C8H19NO/c1-4-10-7-8(2)5-6-9-3/h8-9H,4-7H2,1-3H3. The van der Waals surface area contributed by atoms with Gasteiger partial charge in [-0.05, 0) is 32.9 Å². The van der Waals surface area contributed by atoms with E-state index >= 15 is 0 Å². The lowest BCUT2D eigenvalue weighted by atomic mass is 10.1. The van der Waals surface area contributed by atoms with E-state index in [0.29, 0.717) is 5.92 Å². The monoisotopic (exact) mass is 145 g/mol. The molecule has 2 nitrogen and oxygen atoms in total. The molecule has 0 amide bonds. The van der Waals surface area contributed by atoms with Crippen molar-refractivity contribution < 1.29 is 4.74 Å². The molecule has 0 radical (unpaired) electrons. The highest BCUT2D eigenvalue weighted by Gasteiger charge is 1.99. The van der Waals surface area contributed by atoms with Gasteiger partial charge in [-0.1, -0.05) is 6.92 Å². The number of rotatable bonds is 6. The van der Waals surface area contributed by atoms with E-state index in [1.54, 1.807) is 0 Å². The molecule has 1 N–H and O–H groups in total. The smallest absolute Gasteiger partial charge is 0.0491 e. The summed E-state index contributed by atoms with van der Waals surface area (Å²) in [7, 11) is 1.98. The Bertz CT molecular complexity index is 58.3. The SMILES string of the molecule is CCOCC(C)CCNC. The lowest BCUT2D eigenvalue weighted by molar-refractivity contribution is 0.113. The lowest BCUT2D eigenvalue weighted by Crippen LogP contribution is -2.14. The van der Waals surface area contributed by atoms with Crippen molar-refractivity contribution in [3.05, 3.63) is 0 Å². The Labute approximate surface area is 64.0 Å². The second-order valence-electron chi connectivity index (χ2n) is 2.66. The van der Waals surface area contributed by atoms with E-state index in [0.717, 1.165) is 19.8 Å². The van der Waals surface area contributed by atoms with Crippen molar-refractivity contribution in [2.75, 3.05) is 26.8 Å². The number of hydrogen-bond acceptors (Lipinski definition) is 2. The first-order valence-electron chi connectivity index (χ1n) is 4.03. The van der Waals surface area contributed by atoms with Crippen LogP contribution in [0.5, 0.6) is 0 Å². The highest BCUT2D eigenvalue weighted by Crippen LogP contribution is 1.99. The predicted molar refractivity (Wildman–Crippen MR) is 44.2 cm³/mol. The van der Waals surface area contributed by atoms with Crippen LogP contribution in [0.3, 0.4) is 0 Å². The average Bonchev–Trinajstić information content (AvgIpc) is 1.97. The fraction of sp³-hybridized carbons (Fsp3) is 1.00. The summed E-state index contributed by atoms with van der Waals surface area (Å²) in [5.41, 5.74) is 0. The van der Waals surface area contributed by atoms with Crippen molar-refractivity contribution >= 4 is 0 Å². The van der Waals surface area contributed by atoms with Gasteiger partial charge in [-0.3, -0.25) is 0 Å². The van der Waals surface area contributed by atoms with Crippen molar-refractivity contribution in [1.82, 2.24) is 5.32 Å². The third-order valence-corrected chi connectivity index (χ3v) is 1.49. The van der Waals surface area contributed by atoms with Gasteiger partial charge in [-0.15, -0.1) is 0 Å². The summed E-state index contributed by atoms with van der Waals surface area (Å²) in [6.45, 7) is 7.08. The fourth-order valence-corrected chi connectivity index (χ4v) is 0.793. The number of ether oxygens (including phenoxy) is 1. The van der Waals surface area contributed by atoms with Gasteiger partial charge in [0.15, 0.2) is 0 Å². The topological polar surface area (TPSA) is 21.3 Å². The second-order valence-corrected chi connectivity index (χ2v) is 2.66. The van der Waals surface area contributed by atoms with E-state index in [1.807, 2.05) is 14.0 Å². The van der Waals surface area contributed by atoms with E-state index in [9.17, 15) is 0 Å². The van der Waals surface area contributed by atoms with Crippen LogP contribution in [0.15, 0.2) is 0 Å². The highest BCUT2D eigenvalue weighted by molar-refractivity contribution is 4.52. The van der Waals surface area contributed by atoms with Crippen molar-refractivity contribution in [2.45, 2.75) is 20.3 Å². The maximum Gasteiger partial charge on any atom is 0.0491 e. The van der Waals surface area contributed by atoms with Crippen LogP contribution < -0.4 is 5.32 Å². The molecule has 0 aliphatic heterocycles. The van der Waals surface area contributed by atoms with E-state index in [2.05, 4.69) is 12.2 Å². The normalized spacial score (nSPS) is 13.5. The van der Waals surface area contributed by atoms with Gasteiger partial charge >= 0.3 is 0 Å². The Morgan fingerprint density at radius 2 is 2.20 bits per heavy atom. The Balaban J connectivity index is 3.00. The molecule has 0 heterocycles. The van der Waals surface area contributed by atoms with Gasteiger partial charge in [0.25, 0.3) is 0 Å². The first kappa shape index (κ1) is 9.92. The molecular weight excluding hydrogens is 126 g/mol. The maximum atomic E-state index is 5.26. The molecule has 10 heavy (non-hydrogen) atoms. The summed E-state index contributed by atoms with van der Waals surface area (Å²) >= 11 is 0. The first-order valence-corrected chi connectivity index (χ1v) is 4.03. The largest absolute Gasteiger partial charge is 0.381 e. The van der Waals surface area contributed by atoms with Gasteiger partial charge in [0, 0.05) is 13.2 Å². The van der Waals surface area contributed by atoms with Crippen LogP contribution >= 0.6 is 0 Å². The molecule has 62 valence electrons. The molecule has 1 atom stereocenters. The van der Waals surface area contributed by atoms with E-state index in [4.69, 9.17) is 4.74 Å². The van der Waals surface area contributed by atoms with Crippen molar-refractivity contribution in [2.24, 2.45) is 5.92 Å². The Hall–Kier alpha value is -0.0800.